The molecule has 5 atom stereocenters. The molecule has 0 spiro atoms. The number of methoxy groups -OCH3 is 1. The first-order chi connectivity index (χ1) is 22.4. The van der Waals surface area contributed by atoms with Crippen molar-refractivity contribution in [1.82, 2.24) is 19.5 Å². The topological polar surface area (TPSA) is 210 Å². The molecular weight excluding hydrogens is 681 g/mol. The number of rotatable bonds is 16. The summed E-state index contributed by atoms with van der Waals surface area (Å²) in [6.45, 7) is 1.26. The summed E-state index contributed by atoms with van der Waals surface area (Å²) in [4.78, 5) is 18.2. The molecule has 2 saturated carbocycles. The minimum atomic E-state index is -4.62. The Morgan fingerprint density at radius 3 is 2.43 bits per heavy atom. The number of sulfonamides is 1. The summed E-state index contributed by atoms with van der Waals surface area (Å²) >= 11 is 6.36. The van der Waals surface area contributed by atoms with Crippen LogP contribution < -0.4 is 10.0 Å². The Hall–Kier alpha value is -1.92. The summed E-state index contributed by atoms with van der Waals surface area (Å²) in [5.74, 6) is -1.32. The average Bonchev–Trinajstić information content (AvgIpc) is 3.70. The summed E-state index contributed by atoms with van der Waals surface area (Å²) < 4.78 is 71.6. The third-order valence-corrected chi connectivity index (χ3v) is 13.3. The van der Waals surface area contributed by atoms with Crippen molar-refractivity contribution in [3.63, 3.8) is 0 Å². The second-order valence-corrected chi connectivity index (χ2v) is 16.5. The fourth-order valence-corrected chi connectivity index (χ4v) is 9.89. The van der Waals surface area contributed by atoms with E-state index < -0.39 is 71.9 Å². The molecule has 264 valence electrons. The Bertz CT molecular complexity index is 1560. The Morgan fingerprint density at radius 2 is 1.83 bits per heavy atom. The maximum atomic E-state index is 14.2. The van der Waals surface area contributed by atoms with Gasteiger partial charge in [0.25, 0.3) is 11.2 Å². The fraction of sp³-hybridized carbons (Fsp3) is 0.750. The molecule has 0 aromatic carbocycles. The van der Waals surface area contributed by atoms with E-state index in [-0.39, 0.29) is 24.4 Å². The van der Waals surface area contributed by atoms with Crippen LogP contribution in [0, 0.1) is 0 Å². The lowest BCUT2D eigenvalue weighted by molar-refractivity contribution is -0.152. The van der Waals surface area contributed by atoms with E-state index in [1.807, 2.05) is 4.72 Å². The van der Waals surface area contributed by atoms with Gasteiger partial charge in [-0.2, -0.15) is 5.10 Å². The van der Waals surface area contributed by atoms with E-state index in [9.17, 15) is 28.0 Å². The van der Waals surface area contributed by atoms with Crippen molar-refractivity contribution in [3.8, 4) is 0 Å². The summed E-state index contributed by atoms with van der Waals surface area (Å²) in [6.07, 6.45) is 1.50. The quantitative estimate of drug-likeness (QED) is 0.145. The Morgan fingerprint density at radius 1 is 1.15 bits per heavy atom. The maximum Gasteiger partial charge on any atom is 0.374 e. The molecule has 0 radical (unpaired) electrons. The van der Waals surface area contributed by atoms with Crippen molar-refractivity contribution >= 4 is 51.8 Å². The second kappa shape index (κ2) is 14.9. The van der Waals surface area contributed by atoms with Crippen LogP contribution in [0.15, 0.2) is 12.3 Å². The number of anilines is 1. The van der Waals surface area contributed by atoms with Gasteiger partial charge < -0.3 is 38.8 Å². The highest BCUT2D eigenvalue weighted by molar-refractivity contribution is 7.90. The molecular formula is C28H43ClN5O11PS. The van der Waals surface area contributed by atoms with Gasteiger partial charge in [-0.15, -0.1) is 0 Å². The number of aliphatic hydroxyl groups excluding tert-OH is 2. The van der Waals surface area contributed by atoms with Crippen LogP contribution in [0.1, 0.15) is 65.0 Å². The largest absolute Gasteiger partial charge is 0.387 e. The zero-order chi connectivity index (χ0) is 34.0. The maximum absolute atomic E-state index is 14.2. The molecule has 2 aromatic rings. The number of pyridine rings is 1. The van der Waals surface area contributed by atoms with E-state index in [2.05, 4.69) is 15.4 Å². The average molecular weight is 724 g/mol. The molecule has 2 aromatic heterocycles. The van der Waals surface area contributed by atoms with Crippen LogP contribution >= 0.6 is 19.2 Å². The lowest BCUT2D eigenvalue weighted by Gasteiger charge is -2.37. The van der Waals surface area contributed by atoms with Gasteiger partial charge in [-0.1, -0.05) is 30.9 Å². The van der Waals surface area contributed by atoms with Crippen LogP contribution in [0.3, 0.4) is 0 Å². The third-order valence-electron chi connectivity index (χ3n) is 8.78. The summed E-state index contributed by atoms with van der Waals surface area (Å²) in [7, 11) is -7.59. The predicted molar refractivity (Wildman–Crippen MR) is 170 cm³/mol. The molecule has 1 aliphatic heterocycles. The molecule has 2 aliphatic carbocycles. The number of hydrogen-bond donors (Lipinski definition) is 4. The van der Waals surface area contributed by atoms with Crippen molar-refractivity contribution in [2.24, 2.45) is 0 Å². The van der Waals surface area contributed by atoms with E-state index in [0.717, 1.165) is 31.4 Å². The smallest absolute Gasteiger partial charge is 0.374 e. The lowest BCUT2D eigenvalue weighted by Crippen LogP contribution is -2.56. The van der Waals surface area contributed by atoms with Gasteiger partial charge in [0.15, 0.2) is 11.9 Å². The monoisotopic (exact) mass is 723 g/mol. The van der Waals surface area contributed by atoms with Crippen molar-refractivity contribution in [2.45, 2.75) is 100.0 Å². The number of halogens is 1. The van der Waals surface area contributed by atoms with Gasteiger partial charge in [0.05, 0.1) is 48.9 Å². The van der Waals surface area contributed by atoms with Crippen LogP contribution in [0.4, 0.5) is 5.69 Å². The minimum absolute atomic E-state index is 0.183. The van der Waals surface area contributed by atoms with Crippen molar-refractivity contribution in [2.75, 3.05) is 38.9 Å². The van der Waals surface area contributed by atoms with Crippen molar-refractivity contribution in [3.05, 3.63) is 17.4 Å². The van der Waals surface area contributed by atoms with Crippen LogP contribution in [0.25, 0.3) is 11.0 Å². The number of nitrogens with zero attached hydrogens (tertiary/aromatic N) is 3. The molecule has 1 saturated heterocycles. The number of carbonyl (C=O) groups excluding carboxylic acids is 1. The van der Waals surface area contributed by atoms with Gasteiger partial charge in [0.1, 0.15) is 23.5 Å². The molecule has 3 fully saturated rings. The van der Waals surface area contributed by atoms with Crippen molar-refractivity contribution < 1.29 is 51.2 Å². The minimum Gasteiger partial charge on any atom is -0.387 e. The van der Waals surface area contributed by atoms with Crippen LogP contribution in [-0.4, -0.2) is 108 Å². The van der Waals surface area contributed by atoms with Gasteiger partial charge >= 0.3 is 7.60 Å². The van der Waals surface area contributed by atoms with Gasteiger partial charge in [-0.05, 0) is 45.6 Å². The Balaban J connectivity index is 1.42. The molecule has 4 N–H and O–H groups in total. The van der Waals surface area contributed by atoms with E-state index in [4.69, 9.17) is 34.9 Å². The summed E-state index contributed by atoms with van der Waals surface area (Å²) in [5, 5.41) is 27.4. The highest BCUT2D eigenvalue weighted by atomic mass is 35.5. The SMILES string of the molecule is CCOP(=O)(OCC)[C@](COC)(OC[C@H]1O[C@@H](n2ncc3c(NC4CCCC4)cc(Cl)nc32)[C@H](O)[C@@H]1O)C(=O)NS(=O)(=O)C1CCC1. The number of amides is 1. The Labute approximate surface area is 278 Å². The summed E-state index contributed by atoms with van der Waals surface area (Å²) in [5.41, 5.74) is 1.02. The molecule has 3 heterocycles. The highest BCUT2D eigenvalue weighted by Crippen LogP contribution is 2.61. The first-order valence-electron chi connectivity index (χ1n) is 15.8. The normalized spacial score (nSPS) is 25.6. The predicted octanol–water partition coefficient (Wildman–Crippen LogP) is 2.68. The second-order valence-electron chi connectivity index (χ2n) is 11.9. The van der Waals surface area contributed by atoms with E-state index in [0.29, 0.717) is 30.3 Å². The zero-order valence-corrected chi connectivity index (χ0v) is 29.0. The van der Waals surface area contributed by atoms with E-state index in [1.165, 1.54) is 25.6 Å². The number of aliphatic hydroxyl groups is 2. The number of aromatic nitrogens is 3. The first-order valence-corrected chi connectivity index (χ1v) is 19.3. The van der Waals surface area contributed by atoms with Crippen LogP contribution in [0.2, 0.25) is 5.15 Å². The highest BCUT2D eigenvalue weighted by Gasteiger charge is 2.61. The molecule has 47 heavy (non-hydrogen) atoms. The van der Waals surface area contributed by atoms with E-state index in [1.54, 1.807) is 12.3 Å². The fourth-order valence-electron chi connectivity index (χ4n) is 6.08. The summed E-state index contributed by atoms with van der Waals surface area (Å²) in [6, 6.07) is 1.97. The zero-order valence-electron chi connectivity index (χ0n) is 26.5. The van der Waals surface area contributed by atoms with Crippen LogP contribution in [0.5, 0.6) is 0 Å². The number of carbonyl (C=O) groups is 1. The molecule has 5 rings (SSSR count). The number of hydrogen-bond acceptors (Lipinski definition) is 14. The molecule has 16 nitrogen and oxygen atoms in total. The van der Waals surface area contributed by atoms with Gasteiger partial charge in [0.2, 0.25) is 10.0 Å². The third kappa shape index (κ3) is 7.21. The molecule has 19 heteroatoms. The molecule has 1 amide bonds. The lowest BCUT2D eigenvalue weighted by atomic mass is 10.0. The number of ether oxygens (including phenoxy) is 3. The van der Waals surface area contributed by atoms with Crippen LogP contribution in [-0.2, 0) is 42.6 Å². The molecule has 0 unspecified atom stereocenters. The van der Waals surface area contributed by atoms with E-state index >= 15 is 0 Å². The number of nitrogens with one attached hydrogen (secondary N) is 2. The van der Waals surface area contributed by atoms with Gasteiger partial charge in [0, 0.05) is 13.2 Å². The molecule has 0 bridgehead atoms. The van der Waals surface area contributed by atoms with Gasteiger partial charge in [-0.25, -0.2) is 22.8 Å². The molecule has 3 aliphatic rings. The van der Waals surface area contributed by atoms with Gasteiger partial charge in [-0.3, -0.25) is 9.36 Å². The standard InChI is InChI=1S/C28H43ClN5O11PS/c1-4-43-46(38,44-5-2)28(16-41-3,27(37)33-47(39,40)18-11-8-12-18)42-15-21-23(35)24(36)26(45-21)34-25-19(14-30-34)20(13-22(29)32-25)31-17-9-6-7-10-17/h13-14,17-18,21,23-24,26,35-36H,4-12,15-16H2,1-3H3,(H,31,32)(H,33,37)/t21-,23-,24-,26-,28+/m1/s1. The first kappa shape index (κ1) is 36.4. The van der Waals surface area contributed by atoms with Crippen molar-refractivity contribution in [1.29, 1.82) is 0 Å². The Kier molecular flexibility index (Phi) is 11.5. The number of fused-ring (bicyclic) bond motifs is 1.